The number of carboxylic acids is 1. The molecule has 0 aliphatic carbocycles. The highest BCUT2D eigenvalue weighted by molar-refractivity contribution is 7.85. The summed E-state index contributed by atoms with van der Waals surface area (Å²) in [6, 6.07) is 4.87. The molecular weight excluding hydrogens is 252 g/mol. The van der Waals surface area contributed by atoms with E-state index >= 15 is 0 Å². The molecule has 1 atom stereocenters. The van der Waals surface area contributed by atoms with Gasteiger partial charge in [-0.15, -0.1) is 0 Å². The Morgan fingerprint density at radius 3 is 2.72 bits per heavy atom. The Morgan fingerprint density at radius 2 is 2.11 bits per heavy atom. The fraction of sp³-hybridized carbons (Fsp3) is 0.462. The zero-order chi connectivity index (χ0) is 13.5. The van der Waals surface area contributed by atoms with E-state index in [2.05, 4.69) is 0 Å². The van der Waals surface area contributed by atoms with Gasteiger partial charge in [-0.05, 0) is 31.0 Å². The van der Waals surface area contributed by atoms with Crippen LogP contribution in [-0.2, 0) is 15.5 Å². The quantitative estimate of drug-likeness (QED) is 0.772. The number of ether oxygens (including phenoxy) is 1. The average Bonchev–Trinajstić information content (AvgIpc) is 2.34. The summed E-state index contributed by atoms with van der Waals surface area (Å²) in [6.45, 7) is 4.82. The van der Waals surface area contributed by atoms with Gasteiger partial charge in [0.2, 0.25) is 0 Å². The summed E-state index contributed by atoms with van der Waals surface area (Å²) in [4.78, 5) is 11.5. The van der Waals surface area contributed by atoms with Crippen molar-refractivity contribution in [3.63, 3.8) is 0 Å². The highest BCUT2D eigenvalue weighted by atomic mass is 32.2. The summed E-state index contributed by atoms with van der Waals surface area (Å²) in [5.74, 6) is -0.601. The summed E-state index contributed by atoms with van der Waals surface area (Å²) in [5, 5.41) is 8.99. The van der Waals surface area contributed by atoms with E-state index in [1.807, 2.05) is 6.92 Å². The minimum absolute atomic E-state index is 0.204. The number of aryl methyl sites for hydroxylation is 1. The Bertz CT molecular complexity index is 443. The maximum absolute atomic E-state index is 11.9. The summed E-state index contributed by atoms with van der Waals surface area (Å²) >= 11 is 0. The van der Waals surface area contributed by atoms with E-state index in [0.29, 0.717) is 29.4 Å². The van der Waals surface area contributed by atoms with Crippen molar-refractivity contribution >= 4 is 16.8 Å². The molecule has 4 nitrogen and oxygen atoms in total. The second kappa shape index (κ2) is 7.28. The first kappa shape index (κ1) is 14.9. The van der Waals surface area contributed by atoms with Crippen molar-refractivity contribution in [2.75, 3.05) is 19.0 Å². The van der Waals surface area contributed by atoms with Crippen LogP contribution in [0.4, 0.5) is 0 Å². The standard InChI is InChI=1S/C13H18O4S/c1-3-6-17-7-8-18(16)11-5-4-10(2)12(9-11)13(14)15/h4-5,9H,3,6-8H2,1-2H3,(H,14,15). The van der Waals surface area contributed by atoms with E-state index in [-0.39, 0.29) is 5.56 Å². The first-order chi connectivity index (χ1) is 8.56. The third-order valence-electron chi connectivity index (χ3n) is 2.46. The third kappa shape index (κ3) is 4.23. The minimum atomic E-state index is -1.21. The van der Waals surface area contributed by atoms with Crippen molar-refractivity contribution in [1.29, 1.82) is 0 Å². The number of carboxylic acid groups (broad SMARTS) is 1. The molecule has 1 unspecified atom stereocenters. The Balaban J connectivity index is 2.68. The molecule has 0 radical (unpaired) electrons. The monoisotopic (exact) mass is 270 g/mol. The van der Waals surface area contributed by atoms with Crippen LogP contribution < -0.4 is 0 Å². The van der Waals surface area contributed by atoms with Gasteiger partial charge in [0.15, 0.2) is 0 Å². The number of rotatable bonds is 7. The van der Waals surface area contributed by atoms with Gasteiger partial charge in [0.05, 0.1) is 28.7 Å². The fourth-order valence-corrected chi connectivity index (χ4v) is 2.45. The van der Waals surface area contributed by atoms with Gasteiger partial charge in [-0.2, -0.15) is 0 Å². The largest absolute Gasteiger partial charge is 0.478 e. The first-order valence-corrected chi connectivity index (χ1v) is 7.18. The lowest BCUT2D eigenvalue weighted by Gasteiger charge is -2.06. The third-order valence-corrected chi connectivity index (χ3v) is 3.78. The zero-order valence-corrected chi connectivity index (χ0v) is 11.5. The molecule has 0 fully saturated rings. The minimum Gasteiger partial charge on any atom is -0.478 e. The molecule has 0 bridgehead atoms. The van der Waals surface area contributed by atoms with E-state index < -0.39 is 16.8 Å². The van der Waals surface area contributed by atoms with E-state index in [4.69, 9.17) is 9.84 Å². The molecule has 0 aliphatic rings. The van der Waals surface area contributed by atoms with Crippen LogP contribution in [0.5, 0.6) is 0 Å². The molecule has 0 saturated heterocycles. The second-order valence-corrected chi connectivity index (χ2v) is 5.51. The SMILES string of the molecule is CCCOCCS(=O)c1ccc(C)c(C(=O)O)c1. The van der Waals surface area contributed by atoms with Crippen LogP contribution in [0.25, 0.3) is 0 Å². The molecule has 0 heterocycles. The van der Waals surface area contributed by atoms with Crippen molar-refractivity contribution in [3.05, 3.63) is 29.3 Å². The molecule has 0 aromatic heterocycles. The normalized spacial score (nSPS) is 12.3. The topological polar surface area (TPSA) is 63.6 Å². The fourth-order valence-electron chi connectivity index (χ4n) is 1.47. The molecule has 1 aromatic carbocycles. The lowest BCUT2D eigenvalue weighted by atomic mass is 10.1. The van der Waals surface area contributed by atoms with Gasteiger partial charge in [0, 0.05) is 11.5 Å². The predicted molar refractivity (Wildman–Crippen MR) is 70.5 cm³/mol. The van der Waals surface area contributed by atoms with Crippen molar-refractivity contribution in [2.45, 2.75) is 25.2 Å². The highest BCUT2D eigenvalue weighted by Gasteiger charge is 2.11. The van der Waals surface area contributed by atoms with Gasteiger partial charge >= 0.3 is 5.97 Å². The van der Waals surface area contributed by atoms with Gasteiger partial charge in [-0.1, -0.05) is 13.0 Å². The molecule has 100 valence electrons. The van der Waals surface area contributed by atoms with E-state index in [9.17, 15) is 9.00 Å². The van der Waals surface area contributed by atoms with Crippen molar-refractivity contribution < 1.29 is 18.8 Å². The first-order valence-electron chi connectivity index (χ1n) is 5.86. The van der Waals surface area contributed by atoms with Gasteiger partial charge in [0.1, 0.15) is 0 Å². The lowest BCUT2D eigenvalue weighted by Crippen LogP contribution is -2.08. The maximum atomic E-state index is 11.9. The summed E-state index contributed by atoms with van der Waals surface area (Å²) in [7, 11) is -1.21. The molecule has 0 spiro atoms. The Labute approximate surface area is 109 Å². The van der Waals surface area contributed by atoms with Crippen LogP contribution in [0.2, 0.25) is 0 Å². The predicted octanol–water partition coefficient (Wildman–Crippen LogP) is 2.23. The lowest BCUT2D eigenvalue weighted by molar-refractivity contribution is 0.0696. The van der Waals surface area contributed by atoms with Crippen LogP contribution in [0.3, 0.4) is 0 Å². The number of hydrogen-bond donors (Lipinski definition) is 1. The van der Waals surface area contributed by atoms with Crippen LogP contribution in [-0.4, -0.2) is 34.3 Å². The zero-order valence-electron chi connectivity index (χ0n) is 10.6. The van der Waals surface area contributed by atoms with Crippen molar-refractivity contribution in [3.8, 4) is 0 Å². The van der Waals surface area contributed by atoms with Crippen LogP contribution in [0.15, 0.2) is 23.1 Å². The number of benzene rings is 1. The summed E-state index contributed by atoms with van der Waals surface area (Å²) < 4.78 is 17.2. The van der Waals surface area contributed by atoms with Gasteiger partial charge < -0.3 is 9.84 Å². The van der Waals surface area contributed by atoms with Crippen molar-refractivity contribution in [2.24, 2.45) is 0 Å². The molecule has 1 aromatic rings. The van der Waals surface area contributed by atoms with Gasteiger partial charge in [-0.3, -0.25) is 4.21 Å². The number of aromatic carboxylic acids is 1. The molecular formula is C13H18O4S. The Kier molecular flexibility index (Phi) is 6.01. The summed E-state index contributed by atoms with van der Waals surface area (Å²) in [5.41, 5.74) is 0.876. The van der Waals surface area contributed by atoms with Gasteiger partial charge in [0.25, 0.3) is 0 Å². The molecule has 1 N–H and O–H groups in total. The summed E-state index contributed by atoms with van der Waals surface area (Å²) in [6.07, 6.45) is 0.931. The van der Waals surface area contributed by atoms with E-state index in [1.54, 1.807) is 19.1 Å². The highest BCUT2D eigenvalue weighted by Crippen LogP contribution is 2.14. The molecule has 1 rings (SSSR count). The molecule has 0 saturated carbocycles. The Morgan fingerprint density at radius 1 is 1.39 bits per heavy atom. The van der Waals surface area contributed by atoms with Crippen LogP contribution in [0, 0.1) is 6.92 Å². The van der Waals surface area contributed by atoms with E-state index in [1.165, 1.54) is 6.07 Å². The van der Waals surface area contributed by atoms with Gasteiger partial charge in [-0.25, -0.2) is 4.79 Å². The molecule has 0 amide bonds. The number of hydrogen-bond acceptors (Lipinski definition) is 3. The smallest absolute Gasteiger partial charge is 0.335 e. The molecule has 5 heteroatoms. The van der Waals surface area contributed by atoms with Crippen molar-refractivity contribution in [1.82, 2.24) is 0 Å². The molecule has 18 heavy (non-hydrogen) atoms. The molecule has 0 aliphatic heterocycles. The average molecular weight is 270 g/mol. The number of carbonyl (C=O) groups is 1. The maximum Gasteiger partial charge on any atom is 0.335 e. The Hall–Kier alpha value is -1.20. The second-order valence-electron chi connectivity index (χ2n) is 3.94. The van der Waals surface area contributed by atoms with Crippen LogP contribution in [0.1, 0.15) is 29.3 Å². The van der Waals surface area contributed by atoms with E-state index in [0.717, 1.165) is 6.42 Å². The van der Waals surface area contributed by atoms with Crippen LogP contribution >= 0.6 is 0 Å².